The highest BCUT2D eigenvalue weighted by Crippen LogP contribution is 2.31. The first-order chi connectivity index (χ1) is 12.8. The van der Waals surface area contributed by atoms with Crippen molar-refractivity contribution in [3.8, 4) is 17.0 Å². The van der Waals surface area contributed by atoms with Crippen LogP contribution in [0.3, 0.4) is 0 Å². The van der Waals surface area contributed by atoms with E-state index in [4.69, 9.17) is 16.3 Å². The van der Waals surface area contributed by atoms with Crippen molar-refractivity contribution >= 4 is 17.8 Å². The summed E-state index contributed by atoms with van der Waals surface area (Å²) in [5, 5.41) is 0.588. The minimum Gasteiger partial charge on any atom is -0.481 e. The summed E-state index contributed by atoms with van der Waals surface area (Å²) in [4.78, 5) is 9.48. The molecule has 2 aromatic rings. The van der Waals surface area contributed by atoms with Gasteiger partial charge in [-0.05, 0) is 34.9 Å². The predicted octanol–water partition coefficient (Wildman–Crippen LogP) is 4.74. The van der Waals surface area contributed by atoms with Gasteiger partial charge >= 0.3 is 6.18 Å². The van der Waals surface area contributed by atoms with E-state index >= 15 is 0 Å². The molecule has 0 N–H and O–H groups in total. The maximum absolute atomic E-state index is 12.6. The summed E-state index contributed by atoms with van der Waals surface area (Å²) < 4.78 is 43.1. The van der Waals surface area contributed by atoms with Gasteiger partial charge in [-0.25, -0.2) is 4.98 Å². The highest BCUT2D eigenvalue weighted by molar-refractivity contribution is 6.30. The zero-order valence-corrected chi connectivity index (χ0v) is 15.3. The summed E-state index contributed by atoms with van der Waals surface area (Å²) in [5.41, 5.74) is 3.11. The SMILES string of the molecule is COc1ncc(CC2=CN(CC(F)(F)F)CN=C2)cc1-c1cccc(Cl)c1. The fraction of sp³-hybridized carbons (Fsp3) is 0.263. The minimum absolute atomic E-state index is 0.00234. The Balaban J connectivity index is 1.85. The number of halogens is 4. The van der Waals surface area contributed by atoms with Gasteiger partial charge in [0.05, 0.1) is 7.11 Å². The molecule has 1 aliphatic rings. The quantitative estimate of drug-likeness (QED) is 0.733. The number of methoxy groups -OCH3 is 1. The molecule has 1 aromatic carbocycles. The number of hydrogen-bond acceptors (Lipinski definition) is 4. The highest BCUT2D eigenvalue weighted by atomic mass is 35.5. The second kappa shape index (κ2) is 8.00. The van der Waals surface area contributed by atoms with Crippen LogP contribution in [0.1, 0.15) is 5.56 Å². The average molecular weight is 396 g/mol. The van der Waals surface area contributed by atoms with Gasteiger partial charge in [-0.2, -0.15) is 13.2 Å². The minimum atomic E-state index is -4.27. The van der Waals surface area contributed by atoms with Crippen molar-refractivity contribution in [1.29, 1.82) is 0 Å². The second-order valence-electron chi connectivity index (χ2n) is 6.11. The van der Waals surface area contributed by atoms with Crippen molar-refractivity contribution < 1.29 is 17.9 Å². The van der Waals surface area contributed by atoms with Gasteiger partial charge < -0.3 is 9.64 Å². The third kappa shape index (κ3) is 5.23. The Bertz CT molecular complexity index is 881. The standard InChI is InChI=1S/C19H17ClF3N3O/c1-27-18-17(15-3-2-4-16(20)7-15)6-13(9-25-18)5-14-8-24-12-26(10-14)11-19(21,22)23/h2-4,6-10H,5,11-12H2,1H3. The first-order valence-corrected chi connectivity index (χ1v) is 8.52. The summed E-state index contributed by atoms with van der Waals surface area (Å²) in [6.45, 7) is -1.03. The van der Waals surface area contributed by atoms with Gasteiger partial charge in [0.15, 0.2) is 0 Å². The topological polar surface area (TPSA) is 37.7 Å². The molecular formula is C19H17ClF3N3O. The summed E-state index contributed by atoms with van der Waals surface area (Å²) >= 11 is 6.07. The zero-order chi connectivity index (χ0) is 19.4. The smallest absolute Gasteiger partial charge is 0.405 e. The van der Waals surface area contributed by atoms with E-state index in [0.29, 0.717) is 22.9 Å². The van der Waals surface area contributed by atoms with Crippen molar-refractivity contribution in [3.63, 3.8) is 0 Å². The Hall–Kier alpha value is -2.54. The maximum atomic E-state index is 12.6. The molecule has 0 amide bonds. The molecule has 0 saturated heterocycles. The number of hydrogen-bond donors (Lipinski definition) is 0. The molecule has 0 radical (unpaired) electrons. The zero-order valence-electron chi connectivity index (χ0n) is 14.5. The van der Waals surface area contributed by atoms with Crippen LogP contribution in [0.5, 0.6) is 5.88 Å². The van der Waals surface area contributed by atoms with Crippen LogP contribution >= 0.6 is 11.6 Å². The first kappa shape index (κ1) is 19.2. The van der Waals surface area contributed by atoms with Gasteiger partial charge in [-0.1, -0.05) is 23.7 Å². The Morgan fingerprint density at radius 3 is 2.78 bits per heavy atom. The molecule has 2 heterocycles. The molecule has 0 fully saturated rings. The van der Waals surface area contributed by atoms with Gasteiger partial charge in [-0.15, -0.1) is 0 Å². The number of allylic oxidation sites excluding steroid dienone is 1. The van der Waals surface area contributed by atoms with Gasteiger partial charge in [-0.3, -0.25) is 4.99 Å². The molecule has 8 heteroatoms. The number of nitrogens with zero attached hydrogens (tertiary/aromatic N) is 3. The van der Waals surface area contributed by atoms with Crippen LogP contribution in [0, 0.1) is 0 Å². The molecule has 0 atom stereocenters. The van der Waals surface area contributed by atoms with Gasteiger partial charge in [0.1, 0.15) is 13.2 Å². The maximum Gasteiger partial charge on any atom is 0.405 e. The summed E-state index contributed by atoms with van der Waals surface area (Å²) in [6, 6.07) is 9.19. The van der Waals surface area contributed by atoms with E-state index < -0.39 is 12.7 Å². The van der Waals surface area contributed by atoms with Crippen LogP contribution in [0.2, 0.25) is 5.02 Å². The lowest BCUT2D eigenvalue weighted by Crippen LogP contribution is -2.32. The Morgan fingerprint density at radius 2 is 2.07 bits per heavy atom. The molecule has 142 valence electrons. The molecule has 0 aliphatic carbocycles. The second-order valence-corrected chi connectivity index (χ2v) is 6.54. The predicted molar refractivity (Wildman–Crippen MR) is 99.1 cm³/mol. The highest BCUT2D eigenvalue weighted by Gasteiger charge is 2.30. The monoisotopic (exact) mass is 395 g/mol. The van der Waals surface area contributed by atoms with Crippen molar-refractivity contribution in [1.82, 2.24) is 9.88 Å². The van der Waals surface area contributed by atoms with Crippen molar-refractivity contribution in [3.05, 3.63) is 58.9 Å². The number of benzene rings is 1. The van der Waals surface area contributed by atoms with Crippen molar-refractivity contribution in [2.24, 2.45) is 4.99 Å². The normalized spacial score (nSPS) is 14.3. The van der Waals surface area contributed by atoms with E-state index in [1.807, 2.05) is 18.2 Å². The Labute approximate surface area is 160 Å². The van der Waals surface area contributed by atoms with E-state index in [0.717, 1.165) is 21.6 Å². The van der Waals surface area contributed by atoms with Crippen molar-refractivity contribution in [2.75, 3.05) is 20.3 Å². The molecule has 0 saturated carbocycles. The Kier molecular flexibility index (Phi) is 5.70. The van der Waals surface area contributed by atoms with Crippen LogP contribution in [0.4, 0.5) is 13.2 Å². The fourth-order valence-corrected chi connectivity index (χ4v) is 3.03. The summed E-state index contributed by atoms with van der Waals surface area (Å²) in [6.07, 6.45) is 0.864. The lowest BCUT2D eigenvalue weighted by Gasteiger charge is -2.23. The lowest BCUT2D eigenvalue weighted by molar-refractivity contribution is -0.140. The molecular weight excluding hydrogens is 379 g/mol. The number of alkyl halides is 3. The molecule has 0 spiro atoms. The summed E-state index contributed by atoms with van der Waals surface area (Å²) in [7, 11) is 1.53. The third-order valence-electron chi connectivity index (χ3n) is 3.90. The first-order valence-electron chi connectivity index (χ1n) is 8.14. The van der Waals surface area contributed by atoms with Gasteiger partial charge in [0, 0.05) is 35.6 Å². The molecule has 1 aromatic heterocycles. The average Bonchev–Trinajstić information content (AvgIpc) is 2.60. The number of rotatable bonds is 5. The van der Waals surface area contributed by atoms with Crippen LogP contribution < -0.4 is 4.74 Å². The van der Waals surface area contributed by atoms with E-state index in [1.165, 1.54) is 13.3 Å². The van der Waals surface area contributed by atoms with Crippen LogP contribution in [-0.2, 0) is 6.42 Å². The lowest BCUT2D eigenvalue weighted by atomic mass is 10.0. The number of aliphatic imine (C=N–C) groups is 1. The summed E-state index contributed by atoms with van der Waals surface area (Å²) in [5.74, 6) is 0.450. The van der Waals surface area contributed by atoms with E-state index in [1.54, 1.807) is 24.5 Å². The number of aromatic nitrogens is 1. The molecule has 0 bridgehead atoms. The van der Waals surface area contributed by atoms with Gasteiger partial charge in [0.2, 0.25) is 5.88 Å². The van der Waals surface area contributed by atoms with Crippen LogP contribution in [-0.4, -0.2) is 42.6 Å². The molecule has 0 unspecified atom stereocenters. The third-order valence-corrected chi connectivity index (χ3v) is 4.13. The number of ether oxygens (including phenoxy) is 1. The van der Waals surface area contributed by atoms with E-state index in [-0.39, 0.29) is 6.67 Å². The molecule has 4 nitrogen and oxygen atoms in total. The fourth-order valence-electron chi connectivity index (χ4n) is 2.84. The van der Waals surface area contributed by atoms with Crippen molar-refractivity contribution in [2.45, 2.75) is 12.6 Å². The molecule has 27 heavy (non-hydrogen) atoms. The van der Waals surface area contributed by atoms with Gasteiger partial charge in [0.25, 0.3) is 0 Å². The Morgan fingerprint density at radius 1 is 1.26 bits per heavy atom. The molecule has 1 aliphatic heterocycles. The van der Waals surface area contributed by atoms with E-state index in [9.17, 15) is 13.2 Å². The number of pyridine rings is 1. The largest absolute Gasteiger partial charge is 0.481 e. The van der Waals surface area contributed by atoms with Crippen LogP contribution in [0.25, 0.3) is 11.1 Å². The van der Waals surface area contributed by atoms with Crippen LogP contribution in [0.15, 0.2) is 53.3 Å². The van der Waals surface area contributed by atoms with E-state index in [2.05, 4.69) is 9.98 Å². The molecule has 3 rings (SSSR count).